The van der Waals surface area contributed by atoms with Crippen LogP contribution >= 0.6 is 0 Å². The second kappa shape index (κ2) is 19.8. The fraction of sp³-hybridized carbons (Fsp3) is 0.548. The number of carbonyl (C=O) groups excluding carboxylic acids is 1. The summed E-state index contributed by atoms with van der Waals surface area (Å²) in [5.74, 6) is 0.236. The highest BCUT2D eigenvalue weighted by atomic mass is 32.2. The molecule has 0 radical (unpaired) electrons. The summed E-state index contributed by atoms with van der Waals surface area (Å²) in [4.78, 5) is 15.8. The van der Waals surface area contributed by atoms with Crippen molar-refractivity contribution in [3.8, 4) is 5.75 Å². The van der Waals surface area contributed by atoms with Gasteiger partial charge < -0.3 is 43.4 Å². The van der Waals surface area contributed by atoms with E-state index in [2.05, 4.69) is 5.32 Å². The van der Waals surface area contributed by atoms with E-state index in [9.17, 15) is 13.2 Å². The molecular formula is C42H57N3O10S. The molecule has 6 atom stereocenters. The third kappa shape index (κ3) is 10.2. The maximum Gasteiger partial charge on any atom is 0.247 e. The summed E-state index contributed by atoms with van der Waals surface area (Å²) in [6.45, 7) is 9.95. The summed E-state index contributed by atoms with van der Waals surface area (Å²) < 4.78 is 71.7. The topological polar surface area (TPSA) is 134 Å². The first-order chi connectivity index (χ1) is 27.1. The molecule has 3 heterocycles. The molecule has 1 N–H and O–H groups in total. The fourth-order valence-corrected chi connectivity index (χ4v) is 9.10. The Hall–Kier alpha value is -3.44. The number of rotatable bonds is 18. The lowest BCUT2D eigenvalue weighted by atomic mass is 9.85. The van der Waals surface area contributed by atoms with Gasteiger partial charge in [-0.15, -0.1) is 0 Å². The lowest BCUT2D eigenvalue weighted by molar-refractivity contribution is -0.123. The Morgan fingerprint density at radius 2 is 1.66 bits per heavy atom. The van der Waals surface area contributed by atoms with E-state index in [1.54, 1.807) is 43.4 Å². The van der Waals surface area contributed by atoms with E-state index in [1.807, 2.05) is 63.2 Å². The molecule has 3 aromatic rings. The van der Waals surface area contributed by atoms with E-state index in [0.717, 1.165) is 28.7 Å². The zero-order valence-electron chi connectivity index (χ0n) is 33.2. The molecule has 0 aliphatic carbocycles. The number of hydrogen-bond acceptors (Lipinski definition) is 11. The second-order valence-electron chi connectivity index (χ2n) is 14.6. The number of benzene rings is 3. The summed E-state index contributed by atoms with van der Waals surface area (Å²) >= 11 is 0. The summed E-state index contributed by atoms with van der Waals surface area (Å²) in [5, 5.41) is 3.30. The smallest absolute Gasteiger partial charge is 0.247 e. The van der Waals surface area contributed by atoms with Gasteiger partial charge in [0.1, 0.15) is 18.4 Å². The number of methoxy groups -OCH3 is 2. The highest BCUT2D eigenvalue weighted by Gasteiger charge is 2.44. The maximum absolute atomic E-state index is 14.3. The lowest BCUT2D eigenvalue weighted by Gasteiger charge is -2.43. The van der Waals surface area contributed by atoms with Crippen molar-refractivity contribution in [3.63, 3.8) is 0 Å². The Bertz CT molecular complexity index is 1830. The SMILES string of the molecule is CCOC(C)CO[C@@H]1CN(S(=O)(=O)c2ccc(C)cc2)C[C@H](OCc2ccc3c(c2)N(C(=O)C2NCCC2OC)CCO3)[C@H]1c1ccc(COCCOC)cc1. The number of hydrogen-bond donors (Lipinski definition) is 1. The van der Waals surface area contributed by atoms with Gasteiger partial charge in [0.15, 0.2) is 0 Å². The Labute approximate surface area is 331 Å². The predicted octanol–water partition coefficient (Wildman–Crippen LogP) is 4.44. The molecule has 0 bridgehead atoms. The molecule has 3 aromatic carbocycles. The fourth-order valence-electron chi connectivity index (χ4n) is 7.63. The number of anilines is 1. The Morgan fingerprint density at radius 1 is 0.929 bits per heavy atom. The van der Waals surface area contributed by atoms with Crippen molar-refractivity contribution in [2.45, 2.75) is 81.7 Å². The quantitative estimate of drug-likeness (QED) is 0.183. The molecule has 1 amide bonds. The van der Waals surface area contributed by atoms with Gasteiger partial charge in [0.05, 0.1) is 74.6 Å². The van der Waals surface area contributed by atoms with Crippen LogP contribution in [0.25, 0.3) is 0 Å². The van der Waals surface area contributed by atoms with Gasteiger partial charge >= 0.3 is 0 Å². The lowest BCUT2D eigenvalue weighted by Crippen LogP contribution is -2.54. The highest BCUT2D eigenvalue weighted by molar-refractivity contribution is 7.89. The van der Waals surface area contributed by atoms with E-state index in [4.69, 9.17) is 33.2 Å². The second-order valence-corrected chi connectivity index (χ2v) is 16.5. The summed E-state index contributed by atoms with van der Waals surface area (Å²) in [7, 11) is -0.633. The Balaban J connectivity index is 1.30. The zero-order valence-corrected chi connectivity index (χ0v) is 34.0. The monoisotopic (exact) mass is 795 g/mol. The van der Waals surface area contributed by atoms with Crippen LogP contribution in [0.15, 0.2) is 71.6 Å². The van der Waals surface area contributed by atoms with E-state index in [1.165, 1.54) is 4.31 Å². The standard InChI is InChI=1S/C42H57N3O10S/c1-6-52-30(3)26-54-38-24-44(56(47,48)34-14-7-29(2)8-15-34)25-39(40(38)33-12-9-31(10-13-33)27-51-22-21-49-4)55-28-32-11-16-36-35(23-32)45(19-20-53-36)42(46)41-37(50-5)17-18-43-41/h7-16,23,30,37-41,43H,6,17-22,24-28H2,1-5H3/t30?,37?,38-,39+,40+,41?/m1/s1. The number of amides is 1. The minimum atomic E-state index is -3.91. The van der Waals surface area contributed by atoms with Gasteiger partial charge in [0, 0.05) is 39.8 Å². The van der Waals surface area contributed by atoms with Gasteiger partial charge in [-0.1, -0.05) is 48.0 Å². The van der Waals surface area contributed by atoms with E-state index in [-0.39, 0.29) is 55.2 Å². The average Bonchev–Trinajstić information content (AvgIpc) is 3.70. The summed E-state index contributed by atoms with van der Waals surface area (Å²) in [6.07, 6.45) is -0.796. The van der Waals surface area contributed by atoms with Crippen molar-refractivity contribution >= 4 is 21.6 Å². The highest BCUT2D eigenvalue weighted by Crippen LogP contribution is 2.38. The number of piperidine rings is 1. The average molecular weight is 796 g/mol. The van der Waals surface area contributed by atoms with Crippen LogP contribution in [0.1, 0.15) is 48.4 Å². The van der Waals surface area contributed by atoms with Crippen LogP contribution in [-0.2, 0) is 56.5 Å². The third-order valence-electron chi connectivity index (χ3n) is 10.6. The molecule has 0 saturated carbocycles. The van der Waals surface area contributed by atoms with Crippen LogP contribution in [0.4, 0.5) is 5.69 Å². The third-order valence-corrected chi connectivity index (χ3v) is 12.5. The van der Waals surface area contributed by atoms with Gasteiger partial charge in [-0.25, -0.2) is 8.42 Å². The van der Waals surface area contributed by atoms with Gasteiger partial charge in [0.2, 0.25) is 15.9 Å². The molecule has 0 aromatic heterocycles. The van der Waals surface area contributed by atoms with Crippen molar-refractivity contribution in [3.05, 3.63) is 89.0 Å². The molecule has 2 saturated heterocycles. The first-order valence-electron chi connectivity index (χ1n) is 19.5. The summed E-state index contributed by atoms with van der Waals surface area (Å²) in [6, 6.07) is 20.3. The zero-order chi connectivity index (χ0) is 39.7. The van der Waals surface area contributed by atoms with E-state index >= 15 is 0 Å². The molecule has 3 unspecified atom stereocenters. The molecule has 0 spiro atoms. The number of nitrogens with zero attached hydrogens (tertiary/aromatic N) is 2. The van der Waals surface area contributed by atoms with Crippen molar-refractivity contribution in [1.29, 1.82) is 0 Å². The number of nitrogens with one attached hydrogen (secondary N) is 1. The van der Waals surface area contributed by atoms with E-state index in [0.29, 0.717) is 57.6 Å². The van der Waals surface area contributed by atoms with Crippen molar-refractivity contribution < 1.29 is 46.4 Å². The van der Waals surface area contributed by atoms with E-state index < -0.39 is 28.3 Å². The van der Waals surface area contributed by atoms with Crippen LogP contribution in [0, 0.1) is 6.92 Å². The number of carbonyl (C=O) groups is 1. The van der Waals surface area contributed by atoms with Crippen LogP contribution in [0.3, 0.4) is 0 Å². The van der Waals surface area contributed by atoms with Gasteiger partial charge in [-0.05, 0) is 74.7 Å². The normalized spacial score (nSPS) is 23.4. The van der Waals surface area contributed by atoms with Gasteiger partial charge in [-0.3, -0.25) is 4.79 Å². The first kappa shape index (κ1) is 42.2. The van der Waals surface area contributed by atoms with Crippen LogP contribution < -0.4 is 15.0 Å². The Morgan fingerprint density at radius 3 is 2.38 bits per heavy atom. The first-order valence-corrected chi connectivity index (χ1v) is 21.0. The molecule has 56 heavy (non-hydrogen) atoms. The van der Waals surface area contributed by atoms with Crippen molar-refractivity contribution in [2.24, 2.45) is 0 Å². The Kier molecular flexibility index (Phi) is 14.9. The minimum absolute atomic E-state index is 0.0601. The van der Waals surface area contributed by atoms with Crippen LogP contribution in [0.5, 0.6) is 5.75 Å². The van der Waals surface area contributed by atoms with Gasteiger partial charge in [0.25, 0.3) is 0 Å². The number of ether oxygens (including phenoxy) is 7. The van der Waals surface area contributed by atoms with Crippen molar-refractivity contribution in [2.75, 3.05) is 78.3 Å². The predicted molar refractivity (Wildman–Crippen MR) is 212 cm³/mol. The maximum atomic E-state index is 14.3. The van der Waals surface area contributed by atoms with Gasteiger partial charge in [-0.2, -0.15) is 4.31 Å². The number of sulfonamides is 1. The largest absolute Gasteiger partial charge is 0.490 e. The molecule has 3 aliphatic rings. The molecule has 6 rings (SSSR count). The molecule has 13 nitrogen and oxygen atoms in total. The summed E-state index contributed by atoms with van der Waals surface area (Å²) in [5.41, 5.74) is 4.42. The molecule has 14 heteroatoms. The molecule has 306 valence electrons. The molecular weight excluding hydrogens is 739 g/mol. The molecule has 3 aliphatic heterocycles. The van der Waals surface area contributed by atoms with Crippen LogP contribution in [-0.4, -0.2) is 123 Å². The number of fused-ring (bicyclic) bond motifs is 1. The number of aryl methyl sites for hydroxylation is 1. The molecule has 2 fully saturated rings. The van der Waals surface area contributed by atoms with Crippen LogP contribution in [0.2, 0.25) is 0 Å². The minimum Gasteiger partial charge on any atom is -0.490 e. The van der Waals surface area contributed by atoms with Crippen molar-refractivity contribution in [1.82, 2.24) is 9.62 Å².